The molecule has 0 fully saturated rings. The monoisotopic (exact) mass is 471 g/mol. The van der Waals surface area contributed by atoms with E-state index in [4.69, 9.17) is 18.9 Å². The second-order valence-corrected chi connectivity index (χ2v) is 8.75. The molecule has 0 heterocycles. The van der Waals surface area contributed by atoms with Crippen LogP contribution in [0.15, 0.2) is 60.7 Å². The standard InChI is InChI=1S/C26H33NO7/c1-26(2,3)34-25(30)27-22(24(29)33-17-20-13-9-6-10-14-20)15-21(23(28)31-4)18-32-16-19-11-7-5-8-12-19/h5-14,21-22H,15-18H2,1-4H3,(H,27,30)/t21-,22+/m1/s1. The predicted octanol–water partition coefficient (Wildman–Crippen LogP) is 4.02. The molecular formula is C26H33NO7. The van der Waals surface area contributed by atoms with Crippen LogP contribution < -0.4 is 5.32 Å². The number of rotatable bonds is 11. The van der Waals surface area contributed by atoms with Gasteiger partial charge in [-0.1, -0.05) is 60.7 Å². The Hall–Kier alpha value is -3.39. The van der Waals surface area contributed by atoms with Crippen molar-refractivity contribution in [1.29, 1.82) is 0 Å². The lowest BCUT2D eigenvalue weighted by Gasteiger charge is -2.25. The highest BCUT2D eigenvalue weighted by atomic mass is 16.6. The summed E-state index contributed by atoms with van der Waals surface area (Å²) in [4.78, 5) is 37.7. The van der Waals surface area contributed by atoms with Crippen LogP contribution in [0, 0.1) is 5.92 Å². The molecule has 1 N–H and O–H groups in total. The molecule has 0 spiro atoms. The van der Waals surface area contributed by atoms with Crippen LogP contribution in [0.25, 0.3) is 0 Å². The van der Waals surface area contributed by atoms with Crippen LogP contribution in [0.4, 0.5) is 4.79 Å². The molecule has 0 unspecified atom stereocenters. The second-order valence-electron chi connectivity index (χ2n) is 8.75. The van der Waals surface area contributed by atoms with E-state index in [0.29, 0.717) is 0 Å². The van der Waals surface area contributed by atoms with Gasteiger partial charge in [-0.05, 0) is 38.3 Å². The summed E-state index contributed by atoms with van der Waals surface area (Å²) in [5.74, 6) is -2.05. The summed E-state index contributed by atoms with van der Waals surface area (Å²) in [5, 5.41) is 2.53. The Morgan fingerprint density at radius 2 is 1.41 bits per heavy atom. The quantitative estimate of drug-likeness (QED) is 0.390. The molecule has 8 heteroatoms. The Morgan fingerprint density at radius 3 is 1.94 bits per heavy atom. The number of nitrogens with one attached hydrogen (secondary N) is 1. The van der Waals surface area contributed by atoms with Crippen LogP contribution in [0.2, 0.25) is 0 Å². The molecule has 1 amide bonds. The largest absolute Gasteiger partial charge is 0.469 e. The molecule has 0 saturated heterocycles. The fourth-order valence-corrected chi connectivity index (χ4v) is 3.07. The fraction of sp³-hybridized carbons (Fsp3) is 0.423. The van der Waals surface area contributed by atoms with Gasteiger partial charge < -0.3 is 24.3 Å². The van der Waals surface area contributed by atoms with Gasteiger partial charge in [0.15, 0.2) is 0 Å². The molecule has 2 aromatic rings. The lowest BCUT2D eigenvalue weighted by Crippen LogP contribution is -2.46. The van der Waals surface area contributed by atoms with Crippen LogP contribution in [0.1, 0.15) is 38.3 Å². The molecule has 34 heavy (non-hydrogen) atoms. The first-order valence-corrected chi connectivity index (χ1v) is 11.1. The van der Waals surface area contributed by atoms with Crippen LogP contribution in [0.3, 0.4) is 0 Å². The molecule has 2 atom stereocenters. The van der Waals surface area contributed by atoms with Crippen molar-refractivity contribution in [2.24, 2.45) is 5.92 Å². The van der Waals surface area contributed by atoms with E-state index < -0.39 is 35.6 Å². The normalized spacial score (nSPS) is 12.8. The minimum absolute atomic E-state index is 0.0000311. The van der Waals surface area contributed by atoms with Crippen molar-refractivity contribution in [3.63, 3.8) is 0 Å². The van der Waals surface area contributed by atoms with Crippen molar-refractivity contribution in [3.8, 4) is 0 Å². The second kappa shape index (κ2) is 13.3. The molecule has 184 valence electrons. The summed E-state index contributed by atoms with van der Waals surface area (Å²) in [6.07, 6.45) is -0.864. The molecule has 0 bridgehead atoms. The first kappa shape index (κ1) is 26.9. The third-order valence-electron chi connectivity index (χ3n) is 4.68. The topological polar surface area (TPSA) is 100 Å². The lowest BCUT2D eigenvalue weighted by atomic mass is 10.0. The van der Waals surface area contributed by atoms with E-state index in [-0.39, 0.29) is 26.2 Å². The van der Waals surface area contributed by atoms with Crippen molar-refractivity contribution < 1.29 is 33.3 Å². The zero-order valence-corrected chi connectivity index (χ0v) is 20.1. The SMILES string of the molecule is COC(=O)[C@@H](COCc1ccccc1)C[C@H](NC(=O)OC(C)(C)C)C(=O)OCc1ccccc1. The van der Waals surface area contributed by atoms with Crippen molar-refractivity contribution in [2.45, 2.75) is 52.0 Å². The number of amides is 1. The van der Waals surface area contributed by atoms with Gasteiger partial charge >= 0.3 is 18.0 Å². The van der Waals surface area contributed by atoms with Gasteiger partial charge in [0.05, 0.1) is 26.2 Å². The highest BCUT2D eigenvalue weighted by molar-refractivity contribution is 5.82. The van der Waals surface area contributed by atoms with Gasteiger partial charge in [-0.25, -0.2) is 9.59 Å². The van der Waals surface area contributed by atoms with Gasteiger partial charge in [-0.2, -0.15) is 0 Å². The zero-order valence-electron chi connectivity index (χ0n) is 20.1. The fourth-order valence-electron chi connectivity index (χ4n) is 3.07. The summed E-state index contributed by atoms with van der Waals surface area (Å²) in [6.45, 7) is 5.45. The predicted molar refractivity (Wildman–Crippen MR) is 126 cm³/mol. The minimum Gasteiger partial charge on any atom is -0.469 e. The molecule has 8 nitrogen and oxygen atoms in total. The number of methoxy groups -OCH3 is 1. The average molecular weight is 472 g/mol. The maximum absolute atomic E-state index is 12.9. The molecular weight excluding hydrogens is 438 g/mol. The number of ether oxygens (including phenoxy) is 4. The number of carbonyl (C=O) groups is 3. The van der Waals surface area contributed by atoms with E-state index >= 15 is 0 Å². The highest BCUT2D eigenvalue weighted by Gasteiger charge is 2.32. The smallest absolute Gasteiger partial charge is 0.408 e. The maximum Gasteiger partial charge on any atom is 0.408 e. The Morgan fingerprint density at radius 1 is 0.853 bits per heavy atom. The van der Waals surface area contributed by atoms with Crippen LogP contribution in [-0.2, 0) is 41.8 Å². The maximum atomic E-state index is 12.9. The Balaban J connectivity index is 2.08. The highest BCUT2D eigenvalue weighted by Crippen LogP contribution is 2.15. The van der Waals surface area contributed by atoms with E-state index in [1.807, 2.05) is 60.7 Å². The number of hydrogen-bond donors (Lipinski definition) is 1. The molecule has 2 rings (SSSR count). The number of hydrogen-bond acceptors (Lipinski definition) is 7. The first-order valence-electron chi connectivity index (χ1n) is 11.1. The van der Waals surface area contributed by atoms with Gasteiger partial charge in [-0.15, -0.1) is 0 Å². The molecule has 0 radical (unpaired) electrons. The molecule has 0 saturated carbocycles. The van der Waals surface area contributed by atoms with Crippen LogP contribution in [-0.4, -0.2) is 43.4 Å². The van der Waals surface area contributed by atoms with Gasteiger partial charge in [-0.3, -0.25) is 4.79 Å². The number of esters is 2. The molecule has 0 aliphatic carbocycles. The Bertz CT molecular complexity index is 910. The summed E-state index contributed by atoms with van der Waals surface area (Å²) in [6, 6.07) is 17.5. The zero-order chi connectivity index (χ0) is 25.0. The lowest BCUT2D eigenvalue weighted by molar-refractivity contribution is -0.152. The summed E-state index contributed by atoms with van der Waals surface area (Å²) >= 11 is 0. The molecule has 2 aromatic carbocycles. The van der Waals surface area contributed by atoms with Gasteiger partial charge in [0, 0.05) is 0 Å². The number of alkyl carbamates (subject to hydrolysis) is 1. The van der Waals surface area contributed by atoms with Gasteiger partial charge in [0.25, 0.3) is 0 Å². The van der Waals surface area contributed by atoms with E-state index in [1.54, 1.807) is 20.8 Å². The number of benzene rings is 2. The van der Waals surface area contributed by atoms with Crippen molar-refractivity contribution in [1.82, 2.24) is 5.32 Å². The third-order valence-corrected chi connectivity index (χ3v) is 4.68. The van der Waals surface area contributed by atoms with E-state index in [1.165, 1.54) is 7.11 Å². The first-order chi connectivity index (χ1) is 16.2. The average Bonchev–Trinajstić information content (AvgIpc) is 2.81. The molecule has 0 aromatic heterocycles. The minimum atomic E-state index is -1.14. The van der Waals surface area contributed by atoms with Gasteiger partial charge in [0.1, 0.15) is 18.2 Å². The van der Waals surface area contributed by atoms with E-state index in [9.17, 15) is 14.4 Å². The summed E-state index contributed by atoms with van der Waals surface area (Å²) in [7, 11) is 1.26. The van der Waals surface area contributed by atoms with Crippen molar-refractivity contribution in [3.05, 3.63) is 71.8 Å². The van der Waals surface area contributed by atoms with Crippen LogP contribution in [0.5, 0.6) is 0 Å². The Labute approximate surface area is 200 Å². The Kier molecular flexibility index (Phi) is 10.5. The summed E-state index contributed by atoms with van der Waals surface area (Å²) in [5.41, 5.74) is 0.975. The third kappa shape index (κ3) is 10.0. The molecule has 0 aliphatic rings. The van der Waals surface area contributed by atoms with E-state index in [0.717, 1.165) is 11.1 Å². The van der Waals surface area contributed by atoms with Crippen LogP contribution >= 0.6 is 0 Å². The van der Waals surface area contributed by atoms with Gasteiger partial charge in [0.2, 0.25) is 0 Å². The number of carbonyl (C=O) groups excluding carboxylic acids is 3. The molecule has 0 aliphatic heterocycles. The summed E-state index contributed by atoms with van der Waals surface area (Å²) < 4.78 is 21.3. The van der Waals surface area contributed by atoms with Crippen molar-refractivity contribution in [2.75, 3.05) is 13.7 Å². The van der Waals surface area contributed by atoms with Crippen molar-refractivity contribution >= 4 is 18.0 Å². The van der Waals surface area contributed by atoms with E-state index in [2.05, 4.69) is 5.32 Å².